The molecule has 2 aromatic heterocycles. The van der Waals surface area contributed by atoms with E-state index in [0.717, 1.165) is 19.3 Å². The molecule has 50 heavy (non-hydrogen) atoms. The molecule has 3 aliphatic rings. The molecule has 0 radical (unpaired) electrons. The molecule has 3 amide bonds. The number of fused-ring (bicyclic) bond motifs is 3. The Balaban J connectivity index is 1.34. The molecular weight excluding hydrogens is 644 g/mol. The number of aliphatic carboxylic acids is 1. The first-order valence-corrected chi connectivity index (χ1v) is 17.0. The summed E-state index contributed by atoms with van der Waals surface area (Å²) in [5, 5.41) is 16.4. The van der Waals surface area contributed by atoms with E-state index in [1.54, 1.807) is 69.4 Å². The summed E-state index contributed by atoms with van der Waals surface area (Å²) in [6, 6.07) is 5.16. The minimum Gasteiger partial charge on any atom is -0.497 e. The number of carbonyl (C=O) groups is 4. The average molecular weight is 689 g/mol. The quantitative estimate of drug-likeness (QED) is 0.319. The van der Waals surface area contributed by atoms with Crippen molar-refractivity contribution in [1.29, 1.82) is 0 Å². The van der Waals surface area contributed by atoms with E-state index >= 15 is 0 Å². The molecule has 0 spiro atoms. The number of aromatic nitrogens is 3. The fourth-order valence-corrected chi connectivity index (χ4v) is 6.69. The lowest BCUT2D eigenvalue weighted by atomic mass is 10.0. The molecule has 266 valence electrons. The van der Waals surface area contributed by atoms with Crippen molar-refractivity contribution in [3.63, 3.8) is 0 Å². The summed E-state index contributed by atoms with van der Waals surface area (Å²) < 4.78 is 19.3. The van der Waals surface area contributed by atoms with E-state index in [0.29, 0.717) is 41.1 Å². The number of nitrogens with one attached hydrogen (secondary N) is 2. The first-order chi connectivity index (χ1) is 23.9. The SMILES string of the molecule is COc1ccc2c(O[C@@H]3C[C@H]4C(=O)N[C@]5(C(=O)O)CC5C=CCCCCC[C@H](NC(=O)OC(C)(C)C)C(=O)N4C3)cc(-n3ccnc3)nc2c1. The van der Waals surface area contributed by atoms with Gasteiger partial charge < -0.3 is 34.9 Å². The number of methoxy groups -OCH3 is 1. The molecule has 2 aliphatic heterocycles. The number of carbonyl (C=O) groups excluding carboxylic acids is 3. The van der Waals surface area contributed by atoms with E-state index in [4.69, 9.17) is 19.2 Å². The molecule has 1 aromatic carbocycles. The molecule has 14 heteroatoms. The topological polar surface area (TPSA) is 174 Å². The highest BCUT2D eigenvalue weighted by atomic mass is 16.6. The number of nitrogens with zero attached hydrogens (tertiary/aromatic N) is 4. The predicted molar refractivity (Wildman–Crippen MR) is 182 cm³/mol. The second-order valence-corrected chi connectivity index (χ2v) is 14.2. The number of alkyl carbamates (subject to hydrolysis) is 1. The van der Waals surface area contributed by atoms with Crippen LogP contribution in [0.15, 0.2) is 55.1 Å². The number of rotatable bonds is 6. The number of pyridine rings is 1. The van der Waals surface area contributed by atoms with Gasteiger partial charge in [-0.3, -0.25) is 14.2 Å². The van der Waals surface area contributed by atoms with Crippen molar-refractivity contribution in [1.82, 2.24) is 30.1 Å². The third-order valence-electron chi connectivity index (χ3n) is 9.34. The summed E-state index contributed by atoms with van der Waals surface area (Å²) in [5.41, 5.74) is -1.63. The fourth-order valence-electron chi connectivity index (χ4n) is 6.69. The molecule has 14 nitrogen and oxygen atoms in total. The van der Waals surface area contributed by atoms with Crippen LogP contribution in [0.4, 0.5) is 4.79 Å². The Kier molecular flexibility index (Phi) is 9.72. The third kappa shape index (κ3) is 7.53. The maximum atomic E-state index is 14.4. The van der Waals surface area contributed by atoms with Crippen molar-refractivity contribution < 1.29 is 38.5 Å². The van der Waals surface area contributed by atoms with Crippen LogP contribution in [-0.2, 0) is 19.1 Å². The van der Waals surface area contributed by atoms with Crippen molar-refractivity contribution in [3.05, 3.63) is 55.1 Å². The Hall–Kier alpha value is -5.14. The maximum absolute atomic E-state index is 14.4. The van der Waals surface area contributed by atoms with Crippen molar-refractivity contribution >= 4 is 34.8 Å². The Morgan fingerprint density at radius 2 is 1.96 bits per heavy atom. The summed E-state index contributed by atoms with van der Waals surface area (Å²) in [6.45, 7) is 5.23. The lowest BCUT2D eigenvalue weighted by Gasteiger charge is -2.30. The van der Waals surface area contributed by atoms with E-state index < -0.39 is 53.2 Å². The van der Waals surface area contributed by atoms with Crippen LogP contribution in [-0.4, -0.2) is 91.4 Å². The minimum absolute atomic E-state index is 0.0210. The van der Waals surface area contributed by atoms with Gasteiger partial charge >= 0.3 is 12.1 Å². The number of ether oxygens (including phenoxy) is 3. The summed E-state index contributed by atoms with van der Waals surface area (Å²) in [5.74, 6) is -0.902. The van der Waals surface area contributed by atoms with E-state index in [1.807, 2.05) is 18.2 Å². The minimum atomic E-state index is -1.45. The van der Waals surface area contributed by atoms with Crippen molar-refractivity contribution in [2.75, 3.05) is 13.7 Å². The normalized spacial score (nSPS) is 25.8. The lowest BCUT2D eigenvalue weighted by molar-refractivity contribution is -0.145. The van der Waals surface area contributed by atoms with Gasteiger partial charge in [0.25, 0.3) is 0 Å². The van der Waals surface area contributed by atoms with E-state index in [1.165, 1.54) is 4.90 Å². The van der Waals surface area contributed by atoms with Crippen LogP contribution in [0.2, 0.25) is 0 Å². The molecule has 1 saturated carbocycles. The number of allylic oxidation sites excluding steroid dienone is 1. The zero-order valence-corrected chi connectivity index (χ0v) is 28.8. The summed E-state index contributed by atoms with van der Waals surface area (Å²) in [7, 11) is 1.57. The zero-order valence-electron chi connectivity index (χ0n) is 28.8. The van der Waals surface area contributed by atoms with E-state index in [9.17, 15) is 24.3 Å². The van der Waals surface area contributed by atoms with Gasteiger partial charge in [0.15, 0.2) is 0 Å². The number of benzene rings is 1. The van der Waals surface area contributed by atoms with Crippen molar-refractivity contribution in [2.24, 2.45) is 5.92 Å². The summed E-state index contributed by atoms with van der Waals surface area (Å²) in [4.78, 5) is 64.1. The molecule has 2 fully saturated rings. The van der Waals surface area contributed by atoms with Crippen molar-refractivity contribution in [3.8, 4) is 17.3 Å². The van der Waals surface area contributed by atoms with Crippen LogP contribution in [0.5, 0.6) is 11.5 Å². The predicted octanol–water partition coefficient (Wildman–Crippen LogP) is 4.15. The van der Waals surface area contributed by atoms with Crippen LogP contribution >= 0.6 is 0 Å². The van der Waals surface area contributed by atoms with E-state index in [2.05, 4.69) is 15.6 Å². The number of hydrogen-bond donors (Lipinski definition) is 3. The van der Waals surface area contributed by atoms with E-state index in [-0.39, 0.29) is 25.3 Å². The van der Waals surface area contributed by atoms with Crippen LogP contribution in [0.3, 0.4) is 0 Å². The summed E-state index contributed by atoms with van der Waals surface area (Å²) >= 11 is 0. The van der Waals surface area contributed by atoms with Crippen molar-refractivity contribution in [2.45, 2.75) is 95.0 Å². The highest BCUT2D eigenvalue weighted by molar-refractivity contribution is 5.96. The van der Waals surface area contributed by atoms with Gasteiger partial charge in [-0.2, -0.15) is 0 Å². The Labute approximate surface area is 290 Å². The van der Waals surface area contributed by atoms with Crippen LogP contribution in [0.1, 0.15) is 65.7 Å². The molecule has 3 aromatic rings. The molecule has 4 heterocycles. The number of imidazole rings is 1. The second kappa shape index (κ2) is 14.0. The number of carboxylic acids is 1. The molecule has 0 bridgehead atoms. The van der Waals surface area contributed by atoms with Gasteiger partial charge in [0, 0.05) is 42.3 Å². The lowest BCUT2D eigenvalue weighted by Crippen LogP contribution is -2.56. The smallest absolute Gasteiger partial charge is 0.408 e. The Bertz CT molecular complexity index is 1790. The molecule has 3 N–H and O–H groups in total. The molecule has 1 saturated heterocycles. The summed E-state index contributed by atoms with van der Waals surface area (Å²) in [6.07, 6.45) is 11.1. The second-order valence-electron chi connectivity index (χ2n) is 14.2. The van der Waals surface area contributed by atoms with Crippen LogP contribution in [0, 0.1) is 5.92 Å². The van der Waals surface area contributed by atoms with Crippen LogP contribution in [0.25, 0.3) is 16.7 Å². The first-order valence-electron chi connectivity index (χ1n) is 17.0. The zero-order chi connectivity index (χ0) is 35.6. The number of hydrogen-bond acceptors (Lipinski definition) is 9. The van der Waals surface area contributed by atoms with Gasteiger partial charge in [0.1, 0.15) is 53.0 Å². The van der Waals surface area contributed by atoms with Gasteiger partial charge in [0.05, 0.1) is 19.2 Å². The van der Waals surface area contributed by atoms with Gasteiger partial charge in [-0.15, -0.1) is 0 Å². The fraction of sp³-hybridized carbons (Fsp3) is 0.500. The highest BCUT2D eigenvalue weighted by Gasteiger charge is 2.61. The molecule has 1 aliphatic carbocycles. The maximum Gasteiger partial charge on any atom is 0.408 e. The monoisotopic (exact) mass is 688 g/mol. The number of amides is 3. The number of carboxylic acid groups (broad SMARTS) is 1. The average Bonchev–Trinajstić information content (AvgIpc) is 3.38. The molecule has 6 rings (SSSR count). The Morgan fingerprint density at radius 3 is 2.68 bits per heavy atom. The third-order valence-corrected chi connectivity index (χ3v) is 9.34. The highest BCUT2D eigenvalue weighted by Crippen LogP contribution is 2.45. The molecule has 1 unspecified atom stereocenters. The van der Waals surface area contributed by atoms with Gasteiger partial charge in [-0.1, -0.05) is 25.0 Å². The Morgan fingerprint density at radius 1 is 1.14 bits per heavy atom. The van der Waals surface area contributed by atoms with Gasteiger partial charge in [-0.25, -0.2) is 19.6 Å². The molecule has 5 atom stereocenters. The van der Waals surface area contributed by atoms with Crippen LogP contribution < -0.4 is 20.1 Å². The molecular formula is C36H44N6O8. The largest absolute Gasteiger partial charge is 0.497 e. The first kappa shape index (κ1) is 34.7. The standard InChI is InChI=1S/C36H44N6O8/c1-35(2,3)50-34(47)39-26-11-9-7-5-6-8-10-22-19-36(22,33(45)46)40-31(43)28-17-24(20-42(28)32(26)44)49-29-18-30(41-15-14-37-21-41)38-27-16-23(48-4)12-13-25(27)29/h8,10,12-16,18,21-22,24,26,28H,5-7,9,11,17,19-20H2,1-4H3,(H,39,47)(H,40,43)(H,45,46)/t22?,24-,26+,28+,36-/m1/s1. The van der Waals surface area contributed by atoms with Gasteiger partial charge in [-0.05, 0) is 58.6 Å². The van der Waals surface area contributed by atoms with Gasteiger partial charge in [0.2, 0.25) is 11.8 Å².